The summed E-state index contributed by atoms with van der Waals surface area (Å²) in [6.07, 6.45) is 13.8. The van der Waals surface area contributed by atoms with Crippen molar-refractivity contribution < 1.29 is 0 Å². The van der Waals surface area contributed by atoms with Gasteiger partial charge in [-0.2, -0.15) is 0 Å². The quantitative estimate of drug-likeness (QED) is 0.507. The summed E-state index contributed by atoms with van der Waals surface area (Å²) in [7, 11) is 0. The molecule has 4 rings (SSSR count). The van der Waals surface area contributed by atoms with Crippen LogP contribution >= 0.6 is 0 Å². The number of rotatable bonds is 2. The summed E-state index contributed by atoms with van der Waals surface area (Å²) in [4.78, 5) is 0. The summed E-state index contributed by atoms with van der Waals surface area (Å²) < 4.78 is 0. The Morgan fingerprint density at radius 3 is 1.15 bits per heavy atom. The van der Waals surface area contributed by atoms with Crippen LogP contribution in [0.25, 0.3) is 0 Å². The van der Waals surface area contributed by atoms with Crippen LogP contribution in [0.3, 0.4) is 0 Å². The van der Waals surface area contributed by atoms with Gasteiger partial charge in [0.25, 0.3) is 0 Å². The Labute approximate surface area is 159 Å². The highest BCUT2D eigenvalue weighted by Crippen LogP contribution is 2.33. The highest BCUT2D eigenvalue weighted by atomic mass is 14.2. The molecule has 0 heteroatoms. The Morgan fingerprint density at radius 1 is 0.462 bits per heavy atom. The number of hydrogen-bond donors (Lipinski definition) is 0. The van der Waals surface area contributed by atoms with Gasteiger partial charge < -0.3 is 0 Å². The molecule has 2 saturated carbocycles. The molecule has 2 aromatic carbocycles. The monoisotopic (exact) mass is 342 g/mol. The molecular formula is C26H30. The largest absolute Gasteiger partial charge is 0.0617 e. The fourth-order valence-electron chi connectivity index (χ4n) is 4.69. The normalized spacial score (nSPS) is 18.9. The lowest BCUT2D eigenvalue weighted by Crippen LogP contribution is -2.04. The second-order valence-electron chi connectivity index (χ2n) is 8.16. The summed E-state index contributed by atoms with van der Waals surface area (Å²) in [6.45, 7) is 0. The van der Waals surface area contributed by atoms with E-state index in [1.54, 1.807) is 0 Å². The molecule has 2 aromatic rings. The van der Waals surface area contributed by atoms with Gasteiger partial charge in [-0.05, 0) is 72.9 Å². The third-order valence-corrected chi connectivity index (χ3v) is 6.33. The van der Waals surface area contributed by atoms with Gasteiger partial charge in [-0.25, -0.2) is 0 Å². The Bertz CT molecular complexity index is 677. The molecule has 26 heavy (non-hydrogen) atoms. The fourth-order valence-corrected chi connectivity index (χ4v) is 4.69. The molecule has 0 amide bonds. The van der Waals surface area contributed by atoms with Gasteiger partial charge in [-0.1, -0.05) is 74.6 Å². The SMILES string of the molecule is C(#Cc1ccc(C2CCCCC2)cc1)c1ccc(C2CCCCC2)cc1. The van der Waals surface area contributed by atoms with E-state index in [2.05, 4.69) is 60.4 Å². The Hall–Kier alpha value is -2.00. The minimum Gasteiger partial charge on any atom is -0.0617 e. The first-order chi connectivity index (χ1) is 12.9. The molecule has 0 atom stereocenters. The maximum Gasteiger partial charge on any atom is 0.0249 e. The average Bonchev–Trinajstić information content (AvgIpc) is 2.74. The highest BCUT2D eigenvalue weighted by Gasteiger charge is 2.15. The van der Waals surface area contributed by atoms with Gasteiger partial charge in [0.15, 0.2) is 0 Å². The lowest BCUT2D eigenvalue weighted by molar-refractivity contribution is 0.443. The van der Waals surface area contributed by atoms with Crippen molar-refractivity contribution in [1.29, 1.82) is 0 Å². The van der Waals surface area contributed by atoms with E-state index in [-0.39, 0.29) is 0 Å². The molecule has 0 unspecified atom stereocenters. The van der Waals surface area contributed by atoms with Crippen molar-refractivity contribution in [3.63, 3.8) is 0 Å². The van der Waals surface area contributed by atoms with Gasteiger partial charge in [-0.15, -0.1) is 0 Å². The fraction of sp³-hybridized carbons (Fsp3) is 0.462. The molecule has 0 aliphatic heterocycles. The van der Waals surface area contributed by atoms with Gasteiger partial charge in [-0.3, -0.25) is 0 Å². The Morgan fingerprint density at radius 2 is 0.808 bits per heavy atom. The molecule has 0 radical (unpaired) electrons. The van der Waals surface area contributed by atoms with Crippen molar-refractivity contribution in [2.75, 3.05) is 0 Å². The summed E-state index contributed by atoms with van der Waals surface area (Å²) in [5.41, 5.74) is 5.26. The highest BCUT2D eigenvalue weighted by molar-refractivity contribution is 5.44. The van der Waals surface area contributed by atoms with Crippen LogP contribution < -0.4 is 0 Å². The Balaban J connectivity index is 1.40. The van der Waals surface area contributed by atoms with Gasteiger partial charge >= 0.3 is 0 Å². The molecular weight excluding hydrogens is 312 g/mol. The van der Waals surface area contributed by atoms with E-state index < -0.39 is 0 Å². The first kappa shape index (κ1) is 17.4. The third kappa shape index (κ3) is 4.39. The van der Waals surface area contributed by atoms with Crippen LogP contribution in [0, 0.1) is 11.8 Å². The molecule has 0 aromatic heterocycles. The lowest BCUT2D eigenvalue weighted by Gasteiger charge is -2.21. The second kappa shape index (κ2) is 8.59. The third-order valence-electron chi connectivity index (χ3n) is 6.33. The van der Waals surface area contributed by atoms with Crippen LogP contribution in [-0.4, -0.2) is 0 Å². The summed E-state index contributed by atoms with van der Waals surface area (Å²) in [5, 5.41) is 0. The average molecular weight is 343 g/mol. The van der Waals surface area contributed by atoms with Gasteiger partial charge in [0, 0.05) is 11.1 Å². The van der Waals surface area contributed by atoms with E-state index >= 15 is 0 Å². The van der Waals surface area contributed by atoms with Crippen LogP contribution in [0.1, 0.15) is 98.3 Å². The topological polar surface area (TPSA) is 0 Å². The van der Waals surface area contributed by atoms with E-state index in [0.717, 1.165) is 23.0 Å². The minimum absolute atomic E-state index is 0.776. The first-order valence-corrected chi connectivity index (χ1v) is 10.6. The van der Waals surface area contributed by atoms with E-state index in [4.69, 9.17) is 0 Å². The van der Waals surface area contributed by atoms with Crippen LogP contribution in [0.5, 0.6) is 0 Å². The van der Waals surface area contributed by atoms with Crippen molar-refractivity contribution in [3.8, 4) is 11.8 Å². The summed E-state index contributed by atoms with van der Waals surface area (Å²) in [5.74, 6) is 8.23. The Kier molecular flexibility index (Phi) is 5.75. The molecule has 2 fully saturated rings. The van der Waals surface area contributed by atoms with Crippen molar-refractivity contribution >= 4 is 0 Å². The van der Waals surface area contributed by atoms with Crippen molar-refractivity contribution in [2.45, 2.75) is 76.0 Å². The van der Waals surface area contributed by atoms with E-state index in [9.17, 15) is 0 Å². The predicted molar refractivity (Wildman–Crippen MR) is 111 cm³/mol. The van der Waals surface area contributed by atoms with Crippen molar-refractivity contribution in [3.05, 3.63) is 70.8 Å². The zero-order valence-corrected chi connectivity index (χ0v) is 15.8. The van der Waals surface area contributed by atoms with Crippen LogP contribution in [0.2, 0.25) is 0 Å². The van der Waals surface area contributed by atoms with E-state index in [0.29, 0.717) is 0 Å². The smallest absolute Gasteiger partial charge is 0.0249 e. The molecule has 0 bridgehead atoms. The molecule has 134 valence electrons. The van der Waals surface area contributed by atoms with Crippen molar-refractivity contribution in [1.82, 2.24) is 0 Å². The molecule has 0 saturated heterocycles. The molecule has 0 heterocycles. The molecule has 2 aliphatic rings. The van der Waals surface area contributed by atoms with Crippen LogP contribution in [0.4, 0.5) is 0 Å². The number of benzene rings is 2. The van der Waals surface area contributed by atoms with Crippen LogP contribution in [-0.2, 0) is 0 Å². The van der Waals surface area contributed by atoms with Crippen LogP contribution in [0.15, 0.2) is 48.5 Å². The second-order valence-corrected chi connectivity index (χ2v) is 8.16. The molecule has 0 N–H and O–H groups in total. The van der Waals surface area contributed by atoms with Gasteiger partial charge in [0.2, 0.25) is 0 Å². The van der Waals surface area contributed by atoms with Crippen molar-refractivity contribution in [2.24, 2.45) is 0 Å². The van der Waals surface area contributed by atoms with E-state index in [1.807, 2.05) is 0 Å². The summed E-state index contributed by atoms with van der Waals surface area (Å²) in [6, 6.07) is 18.0. The zero-order valence-electron chi connectivity index (χ0n) is 15.8. The maximum absolute atomic E-state index is 3.34. The summed E-state index contributed by atoms with van der Waals surface area (Å²) >= 11 is 0. The number of hydrogen-bond acceptors (Lipinski definition) is 0. The molecule has 0 nitrogen and oxygen atoms in total. The maximum atomic E-state index is 3.34. The first-order valence-electron chi connectivity index (χ1n) is 10.6. The lowest BCUT2D eigenvalue weighted by atomic mass is 9.84. The molecule has 2 aliphatic carbocycles. The minimum atomic E-state index is 0.776. The predicted octanol–water partition coefficient (Wildman–Crippen LogP) is 7.18. The van der Waals surface area contributed by atoms with Gasteiger partial charge in [0.05, 0.1) is 0 Å². The van der Waals surface area contributed by atoms with Gasteiger partial charge in [0.1, 0.15) is 0 Å². The zero-order chi connectivity index (χ0) is 17.6. The standard InChI is InChI=1S/C26H30/c1-3-7-23(8-4-1)25-17-13-21(14-18-25)11-12-22-15-19-26(20-16-22)24-9-5-2-6-10-24/h13-20,23-24H,1-10H2. The van der Waals surface area contributed by atoms with E-state index in [1.165, 1.54) is 75.3 Å². The molecule has 0 spiro atoms.